The Kier molecular flexibility index (Phi) is 7.00. The third kappa shape index (κ3) is 5.67. The Morgan fingerprint density at radius 1 is 1.14 bits per heavy atom. The van der Waals surface area contributed by atoms with E-state index in [0.717, 1.165) is 24.1 Å². The molecule has 0 saturated heterocycles. The van der Waals surface area contributed by atoms with E-state index in [0.29, 0.717) is 30.7 Å². The Hall–Kier alpha value is -3.15. The van der Waals surface area contributed by atoms with E-state index in [1.807, 2.05) is 31.2 Å². The first-order chi connectivity index (χ1) is 14.1. The summed E-state index contributed by atoms with van der Waals surface area (Å²) in [6.07, 6.45) is 3.18. The second-order valence-corrected chi connectivity index (χ2v) is 7.20. The third-order valence-electron chi connectivity index (χ3n) is 4.97. The van der Waals surface area contributed by atoms with Crippen molar-refractivity contribution in [2.24, 2.45) is 5.92 Å². The zero-order chi connectivity index (χ0) is 20.6. The summed E-state index contributed by atoms with van der Waals surface area (Å²) >= 11 is 0. The van der Waals surface area contributed by atoms with Gasteiger partial charge in [0.15, 0.2) is 0 Å². The maximum Gasteiger partial charge on any atom is 0.338 e. The summed E-state index contributed by atoms with van der Waals surface area (Å²) in [4.78, 5) is 36.4. The summed E-state index contributed by atoms with van der Waals surface area (Å²) in [6, 6.07) is 14.4. The number of ether oxygens (including phenoxy) is 1. The van der Waals surface area contributed by atoms with Crippen molar-refractivity contribution >= 4 is 29.2 Å². The number of unbranched alkanes of at least 4 members (excludes halogenated alkanes) is 1. The molecule has 1 aliphatic heterocycles. The summed E-state index contributed by atoms with van der Waals surface area (Å²) < 4.78 is 5.17. The molecule has 6 nitrogen and oxygen atoms in total. The van der Waals surface area contributed by atoms with Crippen LogP contribution in [0.5, 0.6) is 0 Å². The first-order valence-corrected chi connectivity index (χ1v) is 10.0. The Labute approximate surface area is 170 Å². The molecule has 0 saturated carbocycles. The van der Waals surface area contributed by atoms with Crippen LogP contribution in [-0.2, 0) is 20.7 Å². The zero-order valence-corrected chi connectivity index (χ0v) is 16.6. The van der Waals surface area contributed by atoms with Crippen molar-refractivity contribution in [2.75, 3.05) is 17.2 Å². The van der Waals surface area contributed by atoms with E-state index in [4.69, 9.17) is 4.74 Å². The lowest BCUT2D eigenvalue weighted by molar-refractivity contribution is -0.121. The lowest BCUT2D eigenvalue weighted by Gasteiger charge is -2.24. The first-order valence-electron chi connectivity index (χ1n) is 10.0. The summed E-state index contributed by atoms with van der Waals surface area (Å²) in [5.74, 6) is -0.770. The van der Waals surface area contributed by atoms with Crippen LogP contribution in [0.25, 0.3) is 0 Å². The van der Waals surface area contributed by atoms with E-state index in [2.05, 4.69) is 10.6 Å². The molecule has 0 aromatic heterocycles. The molecular formula is C23H26N2O4. The fourth-order valence-corrected chi connectivity index (χ4v) is 3.26. The van der Waals surface area contributed by atoms with Crippen molar-refractivity contribution in [3.63, 3.8) is 0 Å². The van der Waals surface area contributed by atoms with Crippen LogP contribution >= 0.6 is 0 Å². The van der Waals surface area contributed by atoms with Gasteiger partial charge in [0, 0.05) is 23.7 Å². The van der Waals surface area contributed by atoms with Gasteiger partial charge in [0.25, 0.3) is 0 Å². The van der Waals surface area contributed by atoms with Gasteiger partial charge in [-0.15, -0.1) is 0 Å². The molecular weight excluding hydrogens is 368 g/mol. The molecule has 2 amide bonds. The molecule has 152 valence electrons. The number of amides is 2. The lowest BCUT2D eigenvalue weighted by atomic mass is 9.89. The minimum Gasteiger partial charge on any atom is -0.462 e. The molecule has 1 atom stereocenters. The van der Waals surface area contributed by atoms with Crippen molar-refractivity contribution in [2.45, 2.75) is 39.0 Å². The molecule has 1 heterocycles. The van der Waals surface area contributed by atoms with Crippen LogP contribution in [0.3, 0.4) is 0 Å². The number of nitrogens with one attached hydrogen (secondary N) is 2. The standard InChI is InChI=1S/C23H26N2O4/c1-2-3-14-29-23(28)16-8-11-19(12-9-16)24-21(26)13-10-18-15-17-6-4-5-7-20(17)25-22(18)27/h4-9,11-12,18H,2-3,10,13-15H2,1H3,(H,24,26)(H,25,27). The summed E-state index contributed by atoms with van der Waals surface area (Å²) in [5, 5.41) is 5.72. The van der Waals surface area contributed by atoms with Crippen LogP contribution in [-0.4, -0.2) is 24.4 Å². The van der Waals surface area contributed by atoms with Crippen molar-refractivity contribution in [3.8, 4) is 0 Å². The number of benzene rings is 2. The van der Waals surface area contributed by atoms with Crippen LogP contribution in [0, 0.1) is 5.92 Å². The number of esters is 1. The average Bonchev–Trinajstić information content (AvgIpc) is 2.73. The van der Waals surface area contributed by atoms with Gasteiger partial charge in [-0.2, -0.15) is 0 Å². The minimum absolute atomic E-state index is 0.0394. The molecule has 0 bridgehead atoms. The molecule has 2 aromatic carbocycles. The third-order valence-corrected chi connectivity index (χ3v) is 4.97. The second kappa shape index (κ2) is 9.87. The van der Waals surface area contributed by atoms with Crippen LogP contribution in [0.1, 0.15) is 48.5 Å². The van der Waals surface area contributed by atoms with E-state index >= 15 is 0 Å². The molecule has 6 heteroatoms. The first kappa shape index (κ1) is 20.6. The number of hydrogen-bond acceptors (Lipinski definition) is 4. The smallest absolute Gasteiger partial charge is 0.338 e. The van der Waals surface area contributed by atoms with Gasteiger partial charge in [-0.1, -0.05) is 31.5 Å². The van der Waals surface area contributed by atoms with Gasteiger partial charge in [-0.25, -0.2) is 4.79 Å². The Morgan fingerprint density at radius 2 is 1.90 bits per heavy atom. The molecule has 2 N–H and O–H groups in total. The SMILES string of the molecule is CCCCOC(=O)c1ccc(NC(=O)CCC2Cc3ccccc3NC2=O)cc1. The van der Waals surface area contributed by atoms with Gasteiger partial charge in [0.05, 0.1) is 12.2 Å². The van der Waals surface area contributed by atoms with Crippen LogP contribution in [0.4, 0.5) is 11.4 Å². The van der Waals surface area contributed by atoms with Crippen molar-refractivity contribution in [1.82, 2.24) is 0 Å². The Morgan fingerprint density at radius 3 is 2.66 bits per heavy atom. The fraction of sp³-hybridized carbons (Fsp3) is 0.348. The van der Waals surface area contributed by atoms with E-state index in [-0.39, 0.29) is 30.1 Å². The number of anilines is 2. The molecule has 1 unspecified atom stereocenters. The zero-order valence-electron chi connectivity index (χ0n) is 16.6. The van der Waals surface area contributed by atoms with E-state index in [1.165, 1.54) is 0 Å². The molecule has 0 fully saturated rings. The fourth-order valence-electron chi connectivity index (χ4n) is 3.26. The molecule has 0 aliphatic carbocycles. The lowest BCUT2D eigenvalue weighted by Crippen LogP contribution is -2.30. The molecule has 29 heavy (non-hydrogen) atoms. The number of para-hydroxylation sites is 1. The Balaban J connectivity index is 1.47. The Bertz CT molecular complexity index is 877. The van der Waals surface area contributed by atoms with Gasteiger partial charge in [-0.3, -0.25) is 9.59 Å². The molecule has 3 rings (SSSR count). The predicted octanol–water partition coefficient (Wildman–Crippen LogP) is 4.17. The quantitative estimate of drug-likeness (QED) is 0.520. The molecule has 1 aliphatic rings. The number of fused-ring (bicyclic) bond motifs is 1. The largest absolute Gasteiger partial charge is 0.462 e. The van der Waals surface area contributed by atoms with Gasteiger partial charge >= 0.3 is 5.97 Å². The topological polar surface area (TPSA) is 84.5 Å². The number of carbonyl (C=O) groups excluding carboxylic acids is 3. The summed E-state index contributed by atoms with van der Waals surface area (Å²) in [5.41, 5.74) is 3.01. The highest BCUT2D eigenvalue weighted by Crippen LogP contribution is 2.27. The summed E-state index contributed by atoms with van der Waals surface area (Å²) in [6.45, 7) is 2.44. The average molecular weight is 394 g/mol. The maximum atomic E-state index is 12.3. The normalized spacial score (nSPS) is 15.2. The predicted molar refractivity (Wildman–Crippen MR) is 112 cm³/mol. The van der Waals surface area contributed by atoms with Crippen LogP contribution in [0.2, 0.25) is 0 Å². The van der Waals surface area contributed by atoms with E-state index in [9.17, 15) is 14.4 Å². The minimum atomic E-state index is -0.361. The highest BCUT2D eigenvalue weighted by Gasteiger charge is 2.26. The van der Waals surface area contributed by atoms with E-state index < -0.39 is 0 Å². The van der Waals surface area contributed by atoms with Crippen molar-refractivity contribution < 1.29 is 19.1 Å². The summed E-state index contributed by atoms with van der Waals surface area (Å²) in [7, 11) is 0. The van der Waals surface area contributed by atoms with Crippen LogP contribution < -0.4 is 10.6 Å². The van der Waals surface area contributed by atoms with Gasteiger partial charge in [0.2, 0.25) is 11.8 Å². The maximum absolute atomic E-state index is 12.3. The van der Waals surface area contributed by atoms with Gasteiger partial charge in [0.1, 0.15) is 0 Å². The van der Waals surface area contributed by atoms with E-state index in [1.54, 1.807) is 24.3 Å². The van der Waals surface area contributed by atoms with Gasteiger partial charge in [-0.05, 0) is 55.2 Å². The number of carbonyl (C=O) groups is 3. The molecule has 0 radical (unpaired) electrons. The van der Waals surface area contributed by atoms with Crippen molar-refractivity contribution in [3.05, 3.63) is 59.7 Å². The highest BCUT2D eigenvalue weighted by molar-refractivity contribution is 5.97. The monoisotopic (exact) mass is 394 g/mol. The second-order valence-electron chi connectivity index (χ2n) is 7.20. The molecule has 0 spiro atoms. The number of hydrogen-bond donors (Lipinski definition) is 2. The number of rotatable bonds is 8. The van der Waals surface area contributed by atoms with Crippen molar-refractivity contribution in [1.29, 1.82) is 0 Å². The molecule has 2 aromatic rings. The highest BCUT2D eigenvalue weighted by atomic mass is 16.5. The van der Waals surface area contributed by atoms with Crippen LogP contribution in [0.15, 0.2) is 48.5 Å². The van der Waals surface area contributed by atoms with Gasteiger partial charge < -0.3 is 15.4 Å².